The summed E-state index contributed by atoms with van der Waals surface area (Å²) in [5, 5.41) is 23.1. The van der Waals surface area contributed by atoms with Crippen LogP contribution in [0.2, 0.25) is 0 Å². The second kappa shape index (κ2) is 61.6. The van der Waals surface area contributed by atoms with Gasteiger partial charge in [-0.3, -0.25) is 9.59 Å². The summed E-state index contributed by atoms with van der Waals surface area (Å²) in [6.45, 7) is 4.91. The van der Waals surface area contributed by atoms with Gasteiger partial charge in [0.25, 0.3) is 0 Å². The number of rotatable bonds is 60. The van der Waals surface area contributed by atoms with Crippen molar-refractivity contribution >= 4 is 11.9 Å². The normalized spacial score (nSPS) is 12.8. The van der Waals surface area contributed by atoms with Crippen LogP contribution >= 0.6 is 0 Å². The number of nitrogens with one attached hydrogen (secondary N) is 1. The van der Waals surface area contributed by atoms with E-state index in [0.717, 1.165) is 44.9 Å². The minimum atomic E-state index is -0.845. The largest absolute Gasteiger partial charge is 0.466 e. The Balaban J connectivity index is 3.43. The molecular formula is C66H125NO5. The predicted molar refractivity (Wildman–Crippen MR) is 315 cm³/mol. The molecule has 0 rings (SSSR count). The van der Waals surface area contributed by atoms with Gasteiger partial charge in [0.2, 0.25) is 5.91 Å². The van der Waals surface area contributed by atoms with Gasteiger partial charge in [-0.05, 0) is 64.2 Å². The molecule has 0 aliphatic heterocycles. The molecule has 6 nitrogen and oxygen atoms in total. The van der Waals surface area contributed by atoms with E-state index in [4.69, 9.17) is 4.74 Å². The van der Waals surface area contributed by atoms with Crippen LogP contribution in [-0.4, -0.2) is 47.4 Å². The van der Waals surface area contributed by atoms with Gasteiger partial charge in [0, 0.05) is 12.8 Å². The van der Waals surface area contributed by atoms with Crippen LogP contribution in [0.5, 0.6) is 0 Å². The second-order valence-electron chi connectivity index (χ2n) is 22.1. The Morgan fingerprint density at radius 1 is 0.389 bits per heavy atom. The summed E-state index contributed by atoms with van der Waals surface area (Å²) >= 11 is 0. The molecule has 72 heavy (non-hydrogen) atoms. The smallest absolute Gasteiger partial charge is 0.305 e. The lowest BCUT2D eigenvalue weighted by atomic mass is 10.0. The number of carbonyl (C=O) groups excluding carboxylic acids is 2. The molecule has 0 fully saturated rings. The van der Waals surface area contributed by atoms with Crippen LogP contribution < -0.4 is 5.32 Å². The zero-order valence-corrected chi connectivity index (χ0v) is 48.4. The SMILES string of the molecule is CCCCCCCCCCCCCCC/C=C/C(O)C(CO)NC(=O)CCCCCCCCCCCCCCC/C=C\C/C=C\CCCCCCCCCCCOC(=O)CCCCCCCCCCCCC. The third kappa shape index (κ3) is 57.4. The molecule has 424 valence electrons. The highest BCUT2D eigenvalue weighted by molar-refractivity contribution is 5.76. The van der Waals surface area contributed by atoms with Gasteiger partial charge in [-0.2, -0.15) is 0 Å². The lowest BCUT2D eigenvalue weighted by Gasteiger charge is -2.20. The van der Waals surface area contributed by atoms with E-state index < -0.39 is 12.1 Å². The van der Waals surface area contributed by atoms with Crippen LogP contribution in [0, 0.1) is 0 Å². The Labute approximate surface area is 449 Å². The van der Waals surface area contributed by atoms with E-state index in [0.29, 0.717) is 19.4 Å². The van der Waals surface area contributed by atoms with E-state index in [9.17, 15) is 19.8 Å². The van der Waals surface area contributed by atoms with Crippen LogP contribution in [-0.2, 0) is 14.3 Å². The minimum Gasteiger partial charge on any atom is -0.466 e. The van der Waals surface area contributed by atoms with E-state index in [1.807, 2.05) is 6.08 Å². The molecule has 0 aliphatic carbocycles. The Kier molecular flexibility index (Phi) is 60.0. The number of allylic oxidation sites excluding steroid dienone is 5. The highest BCUT2D eigenvalue weighted by Crippen LogP contribution is 2.17. The van der Waals surface area contributed by atoms with E-state index in [-0.39, 0.29) is 18.5 Å². The van der Waals surface area contributed by atoms with Crippen LogP contribution in [0.25, 0.3) is 0 Å². The molecule has 0 saturated carbocycles. The molecule has 6 heteroatoms. The average Bonchev–Trinajstić information content (AvgIpc) is 3.38. The van der Waals surface area contributed by atoms with Crippen molar-refractivity contribution < 1.29 is 24.5 Å². The minimum absolute atomic E-state index is 0.0114. The number of unbranched alkanes of at least 4 members (excludes halogenated alkanes) is 45. The molecule has 3 N–H and O–H groups in total. The first kappa shape index (κ1) is 70.1. The Hall–Kier alpha value is -1.92. The van der Waals surface area contributed by atoms with Crippen LogP contribution in [0.1, 0.15) is 348 Å². The van der Waals surface area contributed by atoms with E-state index in [1.54, 1.807) is 6.08 Å². The summed E-state index contributed by atoms with van der Waals surface area (Å²) in [4.78, 5) is 24.5. The average molecular weight is 1010 g/mol. The van der Waals surface area contributed by atoms with Crippen LogP contribution in [0.4, 0.5) is 0 Å². The molecule has 0 radical (unpaired) electrons. The number of carbonyl (C=O) groups is 2. The highest BCUT2D eigenvalue weighted by atomic mass is 16.5. The molecule has 2 unspecified atom stereocenters. The highest BCUT2D eigenvalue weighted by Gasteiger charge is 2.18. The predicted octanol–water partition coefficient (Wildman–Crippen LogP) is 20.4. The maximum Gasteiger partial charge on any atom is 0.305 e. The fraction of sp³-hybridized carbons (Fsp3) is 0.879. The van der Waals surface area contributed by atoms with Crippen molar-refractivity contribution in [3.8, 4) is 0 Å². The summed E-state index contributed by atoms with van der Waals surface area (Å²) in [6.07, 6.45) is 77.7. The van der Waals surface area contributed by atoms with Gasteiger partial charge in [0.15, 0.2) is 0 Å². The molecule has 0 aromatic carbocycles. The number of esters is 1. The van der Waals surface area contributed by atoms with Crippen LogP contribution in [0.3, 0.4) is 0 Å². The fourth-order valence-electron chi connectivity index (χ4n) is 9.96. The van der Waals surface area contributed by atoms with Gasteiger partial charge in [-0.1, -0.05) is 307 Å². The Morgan fingerprint density at radius 2 is 0.694 bits per heavy atom. The Morgan fingerprint density at radius 3 is 1.06 bits per heavy atom. The zero-order chi connectivity index (χ0) is 52.2. The first-order valence-corrected chi connectivity index (χ1v) is 32.3. The molecule has 0 aromatic heterocycles. The van der Waals surface area contributed by atoms with Gasteiger partial charge >= 0.3 is 5.97 Å². The Bertz CT molecular complexity index is 1170. The van der Waals surface area contributed by atoms with Crippen LogP contribution in [0.15, 0.2) is 36.5 Å². The summed E-state index contributed by atoms with van der Waals surface area (Å²) < 4.78 is 5.46. The molecule has 0 heterocycles. The molecule has 0 spiro atoms. The third-order valence-electron chi connectivity index (χ3n) is 14.9. The zero-order valence-electron chi connectivity index (χ0n) is 48.4. The number of hydrogen-bond donors (Lipinski definition) is 3. The fourth-order valence-corrected chi connectivity index (χ4v) is 9.96. The van der Waals surface area contributed by atoms with Crippen molar-refractivity contribution in [2.45, 2.75) is 360 Å². The van der Waals surface area contributed by atoms with Gasteiger partial charge in [-0.15, -0.1) is 0 Å². The third-order valence-corrected chi connectivity index (χ3v) is 14.9. The van der Waals surface area contributed by atoms with Crippen molar-refractivity contribution in [2.24, 2.45) is 0 Å². The summed E-state index contributed by atoms with van der Waals surface area (Å²) in [6, 6.07) is -0.628. The number of ether oxygens (including phenoxy) is 1. The van der Waals surface area contributed by atoms with Gasteiger partial charge < -0.3 is 20.3 Å². The van der Waals surface area contributed by atoms with E-state index in [1.165, 1.54) is 276 Å². The number of aliphatic hydroxyl groups excluding tert-OH is 2. The maximum absolute atomic E-state index is 12.5. The maximum atomic E-state index is 12.5. The number of hydrogen-bond acceptors (Lipinski definition) is 5. The molecule has 1 amide bonds. The lowest BCUT2D eigenvalue weighted by Crippen LogP contribution is -2.45. The molecule has 0 bridgehead atoms. The second-order valence-corrected chi connectivity index (χ2v) is 22.1. The standard InChI is InChI=1S/C66H125NO5/c1-3-5-7-9-11-13-15-16-32-35-39-42-46-50-54-58-64(69)63(62-68)67-65(70)59-55-51-47-43-40-36-33-30-28-26-24-22-20-18-17-19-21-23-25-27-29-31-34-37-41-45-49-53-57-61-72-66(71)60-56-52-48-44-38-14-12-10-8-6-4-2/h17,19,23,25,54,58,63-64,68-69H,3-16,18,20-22,24,26-53,55-57,59-62H2,1-2H3,(H,67,70)/b19-17-,25-23-,58-54+. The summed E-state index contributed by atoms with van der Waals surface area (Å²) in [5.74, 6) is -0.0561. The van der Waals surface area contributed by atoms with Gasteiger partial charge in [0.05, 0.1) is 25.4 Å². The lowest BCUT2D eigenvalue weighted by molar-refractivity contribution is -0.143. The van der Waals surface area contributed by atoms with Gasteiger partial charge in [0.1, 0.15) is 0 Å². The van der Waals surface area contributed by atoms with Crippen molar-refractivity contribution in [2.75, 3.05) is 13.2 Å². The molecule has 0 aromatic rings. The summed E-state index contributed by atoms with van der Waals surface area (Å²) in [5.41, 5.74) is 0. The van der Waals surface area contributed by atoms with Crippen molar-refractivity contribution in [3.05, 3.63) is 36.5 Å². The first-order valence-electron chi connectivity index (χ1n) is 32.3. The van der Waals surface area contributed by atoms with E-state index in [2.05, 4.69) is 43.5 Å². The number of aliphatic hydroxyl groups is 2. The van der Waals surface area contributed by atoms with Crippen molar-refractivity contribution in [1.82, 2.24) is 5.32 Å². The van der Waals surface area contributed by atoms with Crippen molar-refractivity contribution in [3.63, 3.8) is 0 Å². The molecule has 2 atom stereocenters. The quantitative estimate of drug-likeness (QED) is 0.0320. The molecular weight excluding hydrogens is 887 g/mol. The van der Waals surface area contributed by atoms with E-state index >= 15 is 0 Å². The monoisotopic (exact) mass is 1010 g/mol. The molecule has 0 aliphatic rings. The molecule has 0 saturated heterocycles. The first-order chi connectivity index (χ1) is 35.5. The number of amides is 1. The topological polar surface area (TPSA) is 95.9 Å². The summed E-state index contributed by atoms with van der Waals surface area (Å²) in [7, 11) is 0. The van der Waals surface area contributed by atoms with Crippen molar-refractivity contribution in [1.29, 1.82) is 0 Å². The van der Waals surface area contributed by atoms with Gasteiger partial charge in [-0.25, -0.2) is 0 Å².